The Bertz CT molecular complexity index is 1370. The fourth-order valence-corrected chi connectivity index (χ4v) is 4.94. The summed E-state index contributed by atoms with van der Waals surface area (Å²) >= 11 is 7.66. The topological polar surface area (TPSA) is 68.1 Å². The van der Waals surface area contributed by atoms with Gasteiger partial charge in [0.25, 0.3) is 0 Å². The van der Waals surface area contributed by atoms with E-state index in [2.05, 4.69) is 9.97 Å². The van der Waals surface area contributed by atoms with Crippen molar-refractivity contribution in [2.75, 3.05) is 0 Å². The number of aliphatic hydroxyl groups is 1. The molecule has 0 atom stereocenters. The summed E-state index contributed by atoms with van der Waals surface area (Å²) < 4.78 is 20.7. The van der Waals surface area contributed by atoms with Gasteiger partial charge in [0.05, 0.1) is 23.4 Å². The minimum Gasteiger partial charge on any atom is -0.436 e. The number of aromatic nitrogens is 3. The lowest BCUT2D eigenvalue weighted by Gasteiger charge is -2.24. The molecular formula is C25H19ClFN3O2S. The zero-order valence-electron chi connectivity index (χ0n) is 17.7. The maximum atomic E-state index is 14.6. The van der Waals surface area contributed by atoms with Crippen LogP contribution in [-0.4, -0.2) is 20.1 Å². The Hall–Kier alpha value is -3.00. The van der Waals surface area contributed by atoms with Gasteiger partial charge in [0.2, 0.25) is 5.88 Å². The molecule has 0 amide bonds. The summed E-state index contributed by atoms with van der Waals surface area (Å²) in [5.74, 6) is 1.44. The normalized spacial score (nSPS) is 12.1. The second-order valence-electron chi connectivity index (χ2n) is 7.65. The van der Waals surface area contributed by atoms with Crippen LogP contribution in [-0.2, 0) is 18.8 Å². The first kappa shape index (κ1) is 21.8. The van der Waals surface area contributed by atoms with Gasteiger partial charge in [0, 0.05) is 34.5 Å². The van der Waals surface area contributed by atoms with Crippen molar-refractivity contribution in [3.63, 3.8) is 0 Å². The van der Waals surface area contributed by atoms with E-state index in [1.54, 1.807) is 24.4 Å². The minimum atomic E-state index is -0.403. The Morgan fingerprint density at radius 3 is 2.76 bits per heavy atom. The molecule has 0 spiro atoms. The summed E-state index contributed by atoms with van der Waals surface area (Å²) in [6.07, 6.45) is 2.15. The number of benzene rings is 2. The standard InChI is InChI=1S/C25H19ClFN3O2S/c1-14-22-19(16(12-31)11-28-14)10-20-24(32-22)29-23(18-7-2-3-8-21(18)27)30-25(20)33-13-15-5-4-6-17(26)9-15/h2-9,11,31H,10,12-13H2,1H3. The molecule has 0 saturated heterocycles. The number of thioether (sulfide) groups is 1. The van der Waals surface area contributed by atoms with Crippen LogP contribution in [0, 0.1) is 12.7 Å². The number of fused-ring (bicyclic) bond motifs is 2. The molecule has 33 heavy (non-hydrogen) atoms. The molecule has 0 unspecified atom stereocenters. The van der Waals surface area contributed by atoms with Crippen LogP contribution in [0.15, 0.2) is 59.8 Å². The highest BCUT2D eigenvalue weighted by Crippen LogP contribution is 2.43. The molecule has 2 aromatic heterocycles. The number of halogens is 2. The summed E-state index contributed by atoms with van der Waals surface area (Å²) in [4.78, 5) is 13.6. The Labute approximate surface area is 199 Å². The molecule has 8 heteroatoms. The number of hydrogen-bond acceptors (Lipinski definition) is 6. The van der Waals surface area contributed by atoms with Crippen molar-refractivity contribution < 1.29 is 14.2 Å². The van der Waals surface area contributed by atoms with E-state index in [-0.39, 0.29) is 12.4 Å². The zero-order valence-corrected chi connectivity index (χ0v) is 19.3. The maximum absolute atomic E-state index is 14.6. The Morgan fingerprint density at radius 2 is 1.97 bits per heavy atom. The number of ether oxygens (including phenoxy) is 1. The van der Waals surface area contributed by atoms with Gasteiger partial charge in [-0.1, -0.05) is 35.9 Å². The predicted molar refractivity (Wildman–Crippen MR) is 126 cm³/mol. The number of aryl methyl sites for hydroxylation is 1. The van der Waals surface area contributed by atoms with Gasteiger partial charge in [-0.25, -0.2) is 9.37 Å². The van der Waals surface area contributed by atoms with Gasteiger partial charge in [-0.2, -0.15) is 4.98 Å². The fraction of sp³-hybridized carbons (Fsp3) is 0.160. The van der Waals surface area contributed by atoms with E-state index in [9.17, 15) is 9.50 Å². The van der Waals surface area contributed by atoms with E-state index >= 15 is 0 Å². The van der Waals surface area contributed by atoms with Gasteiger partial charge in [-0.3, -0.25) is 4.98 Å². The van der Waals surface area contributed by atoms with Crippen molar-refractivity contribution >= 4 is 23.4 Å². The molecule has 1 N–H and O–H groups in total. The van der Waals surface area contributed by atoms with Gasteiger partial charge >= 0.3 is 0 Å². The molecule has 0 fully saturated rings. The fourth-order valence-electron chi connectivity index (χ4n) is 3.75. The minimum absolute atomic E-state index is 0.145. The van der Waals surface area contributed by atoms with Crippen LogP contribution >= 0.6 is 23.4 Å². The van der Waals surface area contributed by atoms with E-state index < -0.39 is 5.82 Å². The largest absolute Gasteiger partial charge is 0.436 e. The number of aliphatic hydroxyl groups excluding tert-OH is 1. The highest BCUT2D eigenvalue weighted by molar-refractivity contribution is 7.98. The van der Waals surface area contributed by atoms with Gasteiger partial charge in [-0.15, -0.1) is 11.8 Å². The summed E-state index contributed by atoms with van der Waals surface area (Å²) in [6, 6.07) is 14.0. The van der Waals surface area contributed by atoms with Crippen LogP contribution in [0.5, 0.6) is 11.6 Å². The van der Waals surface area contributed by atoms with Crippen molar-refractivity contribution in [1.82, 2.24) is 15.0 Å². The van der Waals surface area contributed by atoms with Crippen LogP contribution in [0.4, 0.5) is 4.39 Å². The lowest BCUT2D eigenvalue weighted by molar-refractivity contribution is 0.278. The zero-order chi connectivity index (χ0) is 22.9. The summed E-state index contributed by atoms with van der Waals surface area (Å²) in [5, 5.41) is 11.2. The Morgan fingerprint density at radius 1 is 1.12 bits per heavy atom. The van der Waals surface area contributed by atoms with Crippen LogP contribution in [0.3, 0.4) is 0 Å². The van der Waals surface area contributed by atoms with Gasteiger partial charge in [0.1, 0.15) is 10.8 Å². The molecule has 0 aliphatic carbocycles. The first-order valence-corrected chi connectivity index (χ1v) is 11.7. The molecule has 0 bridgehead atoms. The van der Waals surface area contributed by atoms with E-state index in [1.807, 2.05) is 31.2 Å². The number of hydrogen-bond donors (Lipinski definition) is 1. The molecule has 5 nitrogen and oxygen atoms in total. The van der Waals surface area contributed by atoms with Crippen molar-refractivity contribution in [3.05, 3.63) is 93.5 Å². The maximum Gasteiger partial charge on any atom is 0.227 e. The van der Waals surface area contributed by atoms with Crippen molar-refractivity contribution in [1.29, 1.82) is 0 Å². The van der Waals surface area contributed by atoms with Crippen LogP contribution in [0.2, 0.25) is 5.02 Å². The van der Waals surface area contributed by atoms with Gasteiger partial charge in [0.15, 0.2) is 11.6 Å². The van der Waals surface area contributed by atoms with Gasteiger partial charge in [-0.05, 0) is 36.8 Å². The van der Waals surface area contributed by atoms with Crippen LogP contribution in [0.25, 0.3) is 11.4 Å². The average Bonchev–Trinajstić information content (AvgIpc) is 2.82. The lowest BCUT2D eigenvalue weighted by atomic mass is 9.99. The van der Waals surface area contributed by atoms with Gasteiger partial charge < -0.3 is 9.84 Å². The smallest absolute Gasteiger partial charge is 0.227 e. The second-order valence-corrected chi connectivity index (χ2v) is 9.05. The van der Waals surface area contributed by atoms with Crippen molar-refractivity contribution in [3.8, 4) is 23.0 Å². The third-order valence-electron chi connectivity index (χ3n) is 5.44. The Kier molecular flexibility index (Phi) is 6.01. The van der Waals surface area contributed by atoms with Crippen molar-refractivity contribution in [2.45, 2.75) is 30.7 Å². The van der Waals surface area contributed by atoms with Crippen LogP contribution < -0.4 is 4.74 Å². The lowest BCUT2D eigenvalue weighted by Crippen LogP contribution is -2.13. The molecule has 2 aromatic carbocycles. The molecule has 166 valence electrons. The van der Waals surface area contributed by atoms with E-state index in [0.29, 0.717) is 50.7 Å². The van der Waals surface area contributed by atoms with E-state index in [1.165, 1.54) is 17.8 Å². The number of nitrogens with zero attached hydrogens (tertiary/aromatic N) is 3. The Balaban J connectivity index is 1.61. The first-order valence-electron chi connectivity index (χ1n) is 10.3. The summed E-state index contributed by atoms with van der Waals surface area (Å²) in [5.41, 5.74) is 4.41. The molecule has 0 radical (unpaired) electrons. The third-order valence-corrected chi connectivity index (χ3v) is 6.76. The number of pyridine rings is 1. The predicted octanol–water partition coefficient (Wildman–Crippen LogP) is 6.12. The molecule has 5 rings (SSSR count). The average molecular weight is 480 g/mol. The first-order chi connectivity index (χ1) is 16.0. The highest BCUT2D eigenvalue weighted by atomic mass is 35.5. The second kappa shape index (κ2) is 9.09. The monoisotopic (exact) mass is 479 g/mol. The molecule has 1 aliphatic heterocycles. The highest BCUT2D eigenvalue weighted by Gasteiger charge is 2.28. The van der Waals surface area contributed by atoms with E-state index in [4.69, 9.17) is 21.3 Å². The molecule has 1 aliphatic rings. The molecular weight excluding hydrogens is 461 g/mol. The number of rotatable bonds is 5. The quantitative estimate of drug-likeness (QED) is 0.242. The molecule has 3 heterocycles. The SMILES string of the molecule is Cc1ncc(CO)c2c1Oc1nc(-c3ccccc3F)nc(SCc3cccc(Cl)c3)c1C2. The third kappa shape index (κ3) is 4.31. The van der Waals surface area contributed by atoms with Crippen LogP contribution in [0.1, 0.15) is 27.9 Å². The molecule has 4 aromatic rings. The summed E-state index contributed by atoms with van der Waals surface area (Å²) in [7, 11) is 0. The van der Waals surface area contributed by atoms with Crippen molar-refractivity contribution in [2.24, 2.45) is 0 Å². The summed E-state index contributed by atoms with van der Waals surface area (Å²) in [6.45, 7) is 1.70. The van der Waals surface area contributed by atoms with E-state index in [0.717, 1.165) is 16.7 Å². The molecule has 0 saturated carbocycles.